The number of hydrogen-bond donors (Lipinski definition) is 1. The maximum atomic E-state index is 13.0. The predicted octanol–water partition coefficient (Wildman–Crippen LogP) is 2.98. The van der Waals surface area contributed by atoms with Gasteiger partial charge in [0, 0.05) is 18.7 Å². The first-order valence-corrected chi connectivity index (χ1v) is 10.9. The van der Waals surface area contributed by atoms with Gasteiger partial charge in [0.05, 0.1) is 20.3 Å². The number of ether oxygens (including phenoxy) is 2. The fraction of sp³-hybridized carbons (Fsp3) is 0.381. The molecule has 2 aromatic rings. The van der Waals surface area contributed by atoms with Crippen molar-refractivity contribution < 1.29 is 22.7 Å². The highest BCUT2D eigenvalue weighted by Gasteiger charge is 2.31. The molecule has 1 amide bonds. The lowest BCUT2D eigenvalue weighted by Crippen LogP contribution is -2.30. The van der Waals surface area contributed by atoms with Gasteiger partial charge in [-0.2, -0.15) is 0 Å². The molecule has 0 aliphatic heterocycles. The molecule has 1 fully saturated rings. The van der Waals surface area contributed by atoms with Crippen LogP contribution >= 0.6 is 0 Å². The van der Waals surface area contributed by atoms with Crippen LogP contribution in [0, 0.1) is 0 Å². The SMILES string of the molecule is COc1ccc(C(C)N(C)C(=O)c2ccc(OC)c(S(=O)(=O)NC3CC3)c2)cc1. The molecule has 0 bridgehead atoms. The number of sulfonamides is 1. The molecule has 2 aromatic carbocycles. The summed E-state index contributed by atoms with van der Waals surface area (Å²) in [5, 5.41) is 0. The van der Waals surface area contributed by atoms with Crippen LogP contribution in [0.2, 0.25) is 0 Å². The Morgan fingerprint density at radius 1 is 1.10 bits per heavy atom. The molecular weight excluding hydrogens is 392 g/mol. The summed E-state index contributed by atoms with van der Waals surface area (Å²) in [4.78, 5) is 14.6. The van der Waals surface area contributed by atoms with E-state index in [1.165, 1.54) is 19.2 Å². The van der Waals surface area contributed by atoms with E-state index in [-0.39, 0.29) is 34.2 Å². The van der Waals surface area contributed by atoms with E-state index < -0.39 is 10.0 Å². The van der Waals surface area contributed by atoms with Gasteiger partial charge < -0.3 is 14.4 Å². The first-order valence-electron chi connectivity index (χ1n) is 9.38. The quantitative estimate of drug-likeness (QED) is 0.712. The van der Waals surface area contributed by atoms with Gasteiger partial charge in [0.2, 0.25) is 10.0 Å². The summed E-state index contributed by atoms with van der Waals surface area (Å²) in [6.07, 6.45) is 1.64. The second kappa shape index (κ2) is 8.42. The molecule has 156 valence electrons. The van der Waals surface area contributed by atoms with Crippen molar-refractivity contribution in [3.05, 3.63) is 53.6 Å². The van der Waals surface area contributed by atoms with Crippen LogP contribution in [0.3, 0.4) is 0 Å². The van der Waals surface area contributed by atoms with Crippen molar-refractivity contribution >= 4 is 15.9 Å². The Labute approximate surface area is 171 Å². The van der Waals surface area contributed by atoms with Crippen molar-refractivity contribution in [2.45, 2.75) is 36.7 Å². The fourth-order valence-corrected chi connectivity index (χ4v) is 4.49. The number of methoxy groups -OCH3 is 2. The van der Waals surface area contributed by atoms with Crippen LogP contribution in [-0.4, -0.2) is 46.5 Å². The molecule has 0 heterocycles. The van der Waals surface area contributed by atoms with Crippen molar-refractivity contribution in [3.63, 3.8) is 0 Å². The Hall–Kier alpha value is -2.58. The zero-order valence-corrected chi connectivity index (χ0v) is 17.8. The predicted molar refractivity (Wildman–Crippen MR) is 110 cm³/mol. The van der Waals surface area contributed by atoms with Crippen molar-refractivity contribution in [1.82, 2.24) is 9.62 Å². The number of carbonyl (C=O) groups excluding carboxylic acids is 1. The summed E-state index contributed by atoms with van der Waals surface area (Å²) in [6.45, 7) is 1.91. The summed E-state index contributed by atoms with van der Waals surface area (Å²) in [6, 6.07) is 11.7. The van der Waals surface area contributed by atoms with Crippen LogP contribution in [0.25, 0.3) is 0 Å². The van der Waals surface area contributed by atoms with E-state index in [1.54, 1.807) is 25.1 Å². The Kier molecular flexibility index (Phi) is 6.14. The van der Waals surface area contributed by atoms with E-state index in [0.717, 1.165) is 24.2 Å². The van der Waals surface area contributed by atoms with Crippen LogP contribution in [-0.2, 0) is 10.0 Å². The van der Waals surface area contributed by atoms with Gasteiger partial charge in [0.25, 0.3) is 5.91 Å². The normalized spacial score (nSPS) is 14.9. The van der Waals surface area contributed by atoms with Gasteiger partial charge >= 0.3 is 0 Å². The lowest BCUT2D eigenvalue weighted by Gasteiger charge is -2.26. The highest BCUT2D eigenvalue weighted by Crippen LogP contribution is 2.30. The monoisotopic (exact) mass is 418 g/mol. The van der Waals surface area contributed by atoms with E-state index in [9.17, 15) is 13.2 Å². The van der Waals surface area contributed by atoms with Crippen LogP contribution in [0.1, 0.15) is 41.7 Å². The number of amides is 1. The smallest absolute Gasteiger partial charge is 0.254 e. The molecule has 1 atom stereocenters. The third-order valence-electron chi connectivity index (χ3n) is 5.10. The number of nitrogens with zero attached hydrogens (tertiary/aromatic N) is 1. The molecule has 1 saturated carbocycles. The van der Waals surface area contributed by atoms with Gasteiger partial charge in [-0.15, -0.1) is 0 Å². The zero-order chi connectivity index (χ0) is 21.2. The Balaban J connectivity index is 1.86. The molecule has 29 heavy (non-hydrogen) atoms. The Morgan fingerprint density at radius 2 is 1.76 bits per heavy atom. The van der Waals surface area contributed by atoms with Crippen molar-refractivity contribution in [2.24, 2.45) is 0 Å². The Bertz CT molecular complexity index is 985. The topological polar surface area (TPSA) is 84.9 Å². The highest BCUT2D eigenvalue weighted by atomic mass is 32.2. The summed E-state index contributed by atoms with van der Waals surface area (Å²) >= 11 is 0. The lowest BCUT2D eigenvalue weighted by molar-refractivity contribution is 0.0742. The van der Waals surface area contributed by atoms with Crippen molar-refractivity contribution in [1.29, 1.82) is 0 Å². The van der Waals surface area contributed by atoms with Crippen molar-refractivity contribution in [3.8, 4) is 11.5 Å². The zero-order valence-electron chi connectivity index (χ0n) is 17.0. The molecule has 0 aromatic heterocycles. The second-order valence-electron chi connectivity index (χ2n) is 7.13. The third-order valence-corrected chi connectivity index (χ3v) is 6.64. The lowest BCUT2D eigenvalue weighted by atomic mass is 10.1. The largest absolute Gasteiger partial charge is 0.497 e. The van der Waals surface area contributed by atoms with Gasteiger partial charge in [-0.3, -0.25) is 4.79 Å². The third kappa shape index (κ3) is 4.71. The van der Waals surface area contributed by atoms with Gasteiger partial charge in [0.1, 0.15) is 16.4 Å². The minimum absolute atomic E-state index is 0.0248. The van der Waals surface area contributed by atoms with Crippen molar-refractivity contribution in [2.75, 3.05) is 21.3 Å². The molecule has 8 heteroatoms. The molecule has 1 unspecified atom stereocenters. The first kappa shape index (κ1) is 21.1. The van der Waals surface area contributed by atoms with Gasteiger partial charge in [0.15, 0.2) is 0 Å². The van der Waals surface area contributed by atoms with Crippen LogP contribution < -0.4 is 14.2 Å². The molecule has 0 radical (unpaired) electrons. The maximum Gasteiger partial charge on any atom is 0.254 e. The molecule has 1 aliphatic rings. The van der Waals surface area contributed by atoms with E-state index in [0.29, 0.717) is 0 Å². The maximum absolute atomic E-state index is 13.0. The highest BCUT2D eigenvalue weighted by molar-refractivity contribution is 7.89. The molecule has 3 rings (SSSR count). The van der Waals surface area contributed by atoms with E-state index >= 15 is 0 Å². The summed E-state index contributed by atoms with van der Waals surface area (Å²) < 4.78 is 38.4. The standard InChI is InChI=1S/C21H26N2O5S/c1-14(15-5-10-18(27-3)11-6-15)23(2)21(24)16-7-12-19(28-4)20(13-16)29(25,26)22-17-8-9-17/h5-7,10-14,17,22H,8-9H2,1-4H3. The molecule has 1 aliphatic carbocycles. The average Bonchev–Trinajstić information content (AvgIpc) is 3.55. The summed E-state index contributed by atoms with van der Waals surface area (Å²) in [5.74, 6) is 0.669. The number of rotatable bonds is 8. The second-order valence-corrected chi connectivity index (χ2v) is 8.81. The minimum atomic E-state index is -3.76. The van der Waals surface area contributed by atoms with Crippen LogP contribution in [0.15, 0.2) is 47.4 Å². The molecule has 0 saturated heterocycles. The molecule has 1 N–H and O–H groups in total. The summed E-state index contributed by atoms with van der Waals surface area (Å²) in [5.41, 5.74) is 1.23. The van der Waals surface area contributed by atoms with E-state index in [2.05, 4.69) is 4.72 Å². The number of hydrogen-bond acceptors (Lipinski definition) is 5. The van der Waals surface area contributed by atoms with Crippen LogP contribution in [0.5, 0.6) is 11.5 Å². The van der Waals surface area contributed by atoms with Gasteiger partial charge in [-0.1, -0.05) is 12.1 Å². The van der Waals surface area contributed by atoms with E-state index in [1.807, 2.05) is 31.2 Å². The average molecular weight is 419 g/mol. The van der Waals surface area contributed by atoms with E-state index in [4.69, 9.17) is 9.47 Å². The minimum Gasteiger partial charge on any atom is -0.497 e. The summed E-state index contributed by atoms with van der Waals surface area (Å²) in [7, 11) is 0.938. The number of nitrogens with one attached hydrogen (secondary N) is 1. The molecule has 0 spiro atoms. The van der Waals surface area contributed by atoms with Crippen LogP contribution in [0.4, 0.5) is 0 Å². The van der Waals surface area contributed by atoms with Gasteiger partial charge in [-0.05, 0) is 55.7 Å². The molecular formula is C21H26N2O5S. The van der Waals surface area contributed by atoms with Gasteiger partial charge in [-0.25, -0.2) is 13.1 Å². The molecule has 7 nitrogen and oxygen atoms in total. The first-order chi connectivity index (χ1) is 13.8. The fourth-order valence-electron chi connectivity index (χ4n) is 2.99. The number of benzene rings is 2. The number of carbonyl (C=O) groups is 1. The Morgan fingerprint density at radius 3 is 2.31 bits per heavy atom.